The Labute approximate surface area is 177 Å². The Hall–Kier alpha value is -2.60. The molecule has 2 aromatic carbocycles. The van der Waals surface area contributed by atoms with Gasteiger partial charge in [-0.1, -0.05) is 51.0 Å². The molecule has 1 aliphatic rings. The molecular weight excluding hydrogens is 384 g/mol. The number of aryl methyl sites for hydroxylation is 1. The van der Waals surface area contributed by atoms with Crippen molar-refractivity contribution in [2.45, 2.75) is 70.3 Å². The third-order valence-corrected chi connectivity index (χ3v) is 5.64. The molecule has 1 aliphatic heterocycles. The van der Waals surface area contributed by atoms with Crippen molar-refractivity contribution in [3.05, 3.63) is 41.5 Å². The van der Waals surface area contributed by atoms with E-state index in [9.17, 15) is 20.4 Å². The van der Waals surface area contributed by atoms with Crippen molar-refractivity contribution in [3.8, 4) is 28.7 Å². The van der Waals surface area contributed by atoms with E-state index in [1.807, 2.05) is 6.07 Å². The molecule has 1 unspecified atom stereocenters. The average Bonchev–Trinajstić information content (AvgIpc) is 3.20. The summed E-state index contributed by atoms with van der Waals surface area (Å²) >= 11 is 0. The molecule has 0 saturated carbocycles. The number of ether oxygens (including phenoxy) is 2. The van der Waals surface area contributed by atoms with Crippen LogP contribution in [0, 0.1) is 0 Å². The molecule has 6 heteroatoms. The van der Waals surface area contributed by atoms with Gasteiger partial charge in [-0.2, -0.15) is 0 Å². The van der Waals surface area contributed by atoms with Crippen molar-refractivity contribution in [2.24, 2.45) is 0 Å². The van der Waals surface area contributed by atoms with Gasteiger partial charge < -0.3 is 29.9 Å². The van der Waals surface area contributed by atoms with Crippen LogP contribution in [0.2, 0.25) is 0 Å². The fourth-order valence-electron chi connectivity index (χ4n) is 3.88. The summed E-state index contributed by atoms with van der Waals surface area (Å²) in [6, 6.07) is 8.65. The van der Waals surface area contributed by atoms with Crippen LogP contribution in [0.25, 0.3) is 0 Å². The van der Waals surface area contributed by atoms with Crippen molar-refractivity contribution in [2.75, 3.05) is 6.79 Å². The third-order valence-electron chi connectivity index (χ3n) is 5.64. The van der Waals surface area contributed by atoms with Crippen LogP contribution in [0.15, 0.2) is 30.3 Å². The molecule has 30 heavy (non-hydrogen) atoms. The first-order chi connectivity index (χ1) is 14.6. The van der Waals surface area contributed by atoms with Gasteiger partial charge in [0.25, 0.3) is 0 Å². The number of unbranched alkanes of at least 4 members (excludes halogenated alkanes) is 7. The highest BCUT2D eigenvalue weighted by Gasteiger charge is 2.19. The number of aliphatic hydroxyl groups is 1. The number of hydrogen-bond donors (Lipinski definition) is 4. The molecule has 0 bridgehead atoms. The van der Waals surface area contributed by atoms with E-state index in [2.05, 4.69) is 12.1 Å². The summed E-state index contributed by atoms with van der Waals surface area (Å²) in [5.41, 5.74) is 1.30. The Kier molecular flexibility index (Phi) is 8.08. The monoisotopic (exact) mass is 416 g/mol. The normalized spacial score (nSPS) is 13.5. The van der Waals surface area contributed by atoms with Crippen molar-refractivity contribution < 1.29 is 29.9 Å². The van der Waals surface area contributed by atoms with E-state index in [-0.39, 0.29) is 17.1 Å². The van der Waals surface area contributed by atoms with Crippen LogP contribution in [-0.4, -0.2) is 27.2 Å². The first kappa shape index (κ1) is 22.1. The number of phenols is 3. The molecule has 2 aromatic rings. The Bertz CT molecular complexity index is 820. The largest absolute Gasteiger partial charge is 0.507 e. The minimum atomic E-state index is -0.978. The molecule has 0 aliphatic carbocycles. The standard InChI is InChI=1S/C24H32O6/c25-18(23-19(26)12-13-20(27)24(23)28)10-8-6-4-2-1-3-5-7-9-17-11-14-21-22(15-17)30-16-29-21/h11-15,18,25-28H,1-10,16H2. The van der Waals surface area contributed by atoms with Crippen LogP contribution in [0.1, 0.15) is 75.0 Å². The molecular formula is C24H32O6. The van der Waals surface area contributed by atoms with Crippen LogP contribution in [-0.2, 0) is 6.42 Å². The smallest absolute Gasteiger partial charge is 0.231 e. The molecule has 1 atom stereocenters. The summed E-state index contributed by atoms with van der Waals surface area (Å²) in [5, 5.41) is 39.4. The molecule has 0 radical (unpaired) electrons. The van der Waals surface area contributed by atoms with E-state index in [0.29, 0.717) is 13.2 Å². The minimum Gasteiger partial charge on any atom is -0.507 e. The molecule has 0 amide bonds. The van der Waals surface area contributed by atoms with Gasteiger partial charge in [0.05, 0.1) is 11.7 Å². The molecule has 3 rings (SSSR count). The maximum absolute atomic E-state index is 10.2. The third kappa shape index (κ3) is 5.95. The second-order valence-corrected chi connectivity index (χ2v) is 7.94. The Balaban J connectivity index is 1.21. The highest BCUT2D eigenvalue weighted by molar-refractivity contribution is 5.52. The molecule has 4 N–H and O–H groups in total. The lowest BCUT2D eigenvalue weighted by Crippen LogP contribution is -1.99. The number of benzene rings is 2. The van der Waals surface area contributed by atoms with Gasteiger partial charge in [0.15, 0.2) is 23.0 Å². The summed E-state index contributed by atoms with van der Waals surface area (Å²) < 4.78 is 10.7. The van der Waals surface area contributed by atoms with Crippen LogP contribution in [0.3, 0.4) is 0 Å². The van der Waals surface area contributed by atoms with Crippen LogP contribution >= 0.6 is 0 Å². The van der Waals surface area contributed by atoms with Crippen molar-refractivity contribution in [1.82, 2.24) is 0 Å². The molecule has 1 heterocycles. The van der Waals surface area contributed by atoms with Crippen molar-refractivity contribution in [1.29, 1.82) is 0 Å². The van der Waals surface area contributed by atoms with E-state index in [1.54, 1.807) is 0 Å². The van der Waals surface area contributed by atoms with Crippen molar-refractivity contribution in [3.63, 3.8) is 0 Å². The second-order valence-electron chi connectivity index (χ2n) is 7.94. The minimum absolute atomic E-state index is 0.0115. The zero-order valence-electron chi connectivity index (χ0n) is 17.3. The summed E-state index contributed by atoms with van der Waals surface area (Å²) in [4.78, 5) is 0. The van der Waals surface area contributed by atoms with Gasteiger partial charge >= 0.3 is 0 Å². The Morgan fingerprint density at radius 3 is 2.13 bits per heavy atom. The fourth-order valence-corrected chi connectivity index (χ4v) is 3.88. The van der Waals surface area contributed by atoms with E-state index in [0.717, 1.165) is 37.2 Å². The first-order valence-corrected chi connectivity index (χ1v) is 10.9. The van der Waals surface area contributed by atoms with Crippen molar-refractivity contribution >= 4 is 0 Å². The summed E-state index contributed by atoms with van der Waals surface area (Å²) in [6.07, 6.45) is 9.41. The number of aliphatic hydroxyl groups excluding tert-OH is 1. The van der Waals surface area contributed by atoms with Gasteiger partial charge in [-0.25, -0.2) is 0 Å². The number of rotatable bonds is 12. The zero-order chi connectivity index (χ0) is 21.3. The Morgan fingerprint density at radius 2 is 1.37 bits per heavy atom. The SMILES string of the molecule is Oc1ccc(O)c(C(O)CCCCCCCCCCc2ccc3c(c2)OCO3)c1O. The number of fused-ring (bicyclic) bond motifs is 1. The molecule has 0 aromatic heterocycles. The number of aromatic hydroxyl groups is 3. The predicted molar refractivity (Wildman–Crippen MR) is 114 cm³/mol. The Morgan fingerprint density at radius 1 is 0.733 bits per heavy atom. The molecule has 6 nitrogen and oxygen atoms in total. The summed E-state index contributed by atoms with van der Waals surface area (Å²) in [5.74, 6) is 0.719. The average molecular weight is 417 g/mol. The highest BCUT2D eigenvalue weighted by Crippen LogP contribution is 2.40. The lowest BCUT2D eigenvalue weighted by Gasteiger charge is -2.15. The summed E-state index contributed by atoms with van der Waals surface area (Å²) in [7, 11) is 0. The van der Waals surface area contributed by atoms with Crippen LogP contribution in [0.5, 0.6) is 28.7 Å². The van der Waals surface area contributed by atoms with Gasteiger partial charge in [-0.05, 0) is 49.1 Å². The van der Waals surface area contributed by atoms with Gasteiger partial charge in [-0.15, -0.1) is 0 Å². The molecule has 164 valence electrons. The van der Waals surface area contributed by atoms with Gasteiger partial charge in [0.1, 0.15) is 5.75 Å². The van der Waals surface area contributed by atoms with Crippen LogP contribution in [0.4, 0.5) is 0 Å². The van der Waals surface area contributed by atoms with E-state index in [1.165, 1.54) is 49.8 Å². The topological polar surface area (TPSA) is 99.4 Å². The zero-order valence-corrected chi connectivity index (χ0v) is 17.3. The predicted octanol–water partition coefficient (Wildman–Crippen LogP) is 5.32. The first-order valence-electron chi connectivity index (χ1n) is 10.9. The quantitative estimate of drug-likeness (QED) is 0.212. The lowest BCUT2D eigenvalue weighted by atomic mass is 9.99. The fraction of sp³-hybridized carbons (Fsp3) is 0.500. The van der Waals surface area contributed by atoms with Gasteiger partial charge in [0, 0.05) is 0 Å². The number of phenolic OH excluding ortho intramolecular Hbond substituents is 3. The lowest BCUT2D eigenvalue weighted by molar-refractivity contribution is 0.155. The van der Waals surface area contributed by atoms with E-state index >= 15 is 0 Å². The van der Waals surface area contributed by atoms with Crippen LogP contribution < -0.4 is 9.47 Å². The summed E-state index contributed by atoms with van der Waals surface area (Å²) in [6.45, 7) is 0.318. The maximum atomic E-state index is 10.2. The highest BCUT2D eigenvalue weighted by atomic mass is 16.7. The van der Waals surface area contributed by atoms with Gasteiger partial charge in [0.2, 0.25) is 6.79 Å². The van der Waals surface area contributed by atoms with E-state index in [4.69, 9.17) is 9.47 Å². The molecule has 0 spiro atoms. The molecule has 0 fully saturated rings. The molecule has 0 saturated heterocycles. The second kappa shape index (κ2) is 11.0. The van der Waals surface area contributed by atoms with Gasteiger partial charge in [-0.3, -0.25) is 0 Å². The van der Waals surface area contributed by atoms with E-state index < -0.39 is 11.9 Å². The number of hydrogen-bond acceptors (Lipinski definition) is 6. The maximum Gasteiger partial charge on any atom is 0.231 e.